The van der Waals surface area contributed by atoms with Crippen LogP contribution in [-0.4, -0.2) is 57.0 Å². The summed E-state index contributed by atoms with van der Waals surface area (Å²) in [5.41, 5.74) is 1.15. The number of sulfonamides is 1. The van der Waals surface area contributed by atoms with Gasteiger partial charge in [-0.05, 0) is 61.2 Å². The lowest BCUT2D eigenvalue weighted by Gasteiger charge is -2.34. The van der Waals surface area contributed by atoms with E-state index in [1.54, 1.807) is 12.1 Å². The number of halogens is 2. The lowest BCUT2D eigenvalue weighted by molar-refractivity contribution is -0.140. The highest BCUT2D eigenvalue weighted by Crippen LogP contribution is 2.23. The van der Waals surface area contributed by atoms with E-state index >= 15 is 0 Å². The third kappa shape index (κ3) is 6.50. The molecule has 1 fully saturated rings. The summed E-state index contributed by atoms with van der Waals surface area (Å²) < 4.78 is 46.3. The normalized spacial score (nSPS) is 16.9. The molecule has 0 aromatic heterocycles. The fraction of sp³-hybridized carbons (Fsp3) is 0.364. The molecule has 2 aromatic rings. The summed E-state index contributed by atoms with van der Waals surface area (Å²) in [4.78, 5) is 24.2. The summed E-state index contributed by atoms with van der Waals surface area (Å²) in [7, 11) is -3.99. The lowest BCUT2D eigenvalue weighted by atomic mass is 10.1. The van der Waals surface area contributed by atoms with Gasteiger partial charge in [0, 0.05) is 18.1 Å². The molecule has 0 saturated carbocycles. The molecule has 8 nitrogen and oxygen atoms in total. The first-order valence-corrected chi connectivity index (χ1v) is 12.2. The Hall–Kier alpha value is -2.53. The zero-order valence-corrected chi connectivity index (χ0v) is 19.6. The Kier molecular flexibility index (Phi) is 8.41. The van der Waals surface area contributed by atoms with Gasteiger partial charge in [0.25, 0.3) is 0 Å². The highest BCUT2D eigenvalue weighted by molar-refractivity contribution is 7.89. The number of hydrogen-bond donors (Lipinski definition) is 2. The van der Waals surface area contributed by atoms with Gasteiger partial charge in [-0.1, -0.05) is 23.7 Å². The second kappa shape index (κ2) is 11.1. The van der Waals surface area contributed by atoms with Gasteiger partial charge in [0.2, 0.25) is 10.0 Å². The largest absolute Gasteiger partial charge is 0.360 e. The monoisotopic (exact) mass is 497 g/mol. The number of rotatable bonds is 7. The average molecular weight is 498 g/mol. The molecule has 0 spiro atoms. The number of amides is 2. The van der Waals surface area contributed by atoms with Crippen LogP contribution in [0.3, 0.4) is 0 Å². The SMILES string of the molecule is Cc1cc(S(=O)(=O)N2CCCOC2CNC(=O)C(=O)NCCc2ccc(Cl)cc2)ccc1F. The summed E-state index contributed by atoms with van der Waals surface area (Å²) in [6.07, 6.45) is 0.00000186. The van der Waals surface area contributed by atoms with Crippen molar-refractivity contribution in [3.05, 3.63) is 64.4 Å². The summed E-state index contributed by atoms with van der Waals surface area (Å²) >= 11 is 5.83. The third-order valence-electron chi connectivity index (χ3n) is 5.15. The van der Waals surface area contributed by atoms with E-state index in [9.17, 15) is 22.4 Å². The predicted molar refractivity (Wildman–Crippen MR) is 121 cm³/mol. The van der Waals surface area contributed by atoms with Gasteiger partial charge in [-0.2, -0.15) is 4.31 Å². The fourth-order valence-electron chi connectivity index (χ4n) is 3.33. The summed E-state index contributed by atoms with van der Waals surface area (Å²) in [6, 6.07) is 10.7. The zero-order valence-electron chi connectivity index (χ0n) is 18.0. The molecule has 2 aromatic carbocycles. The Labute approximate surface area is 197 Å². The van der Waals surface area contributed by atoms with Gasteiger partial charge < -0.3 is 15.4 Å². The van der Waals surface area contributed by atoms with Crippen LogP contribution in [0.1, 0.15) is 17.5 Å². The summed E-state index contributed by atoms with van der Waals surface area (Å²) in [6.45, 7) is 2.00. The highest BCUT2D eigenvalue weighted by atomic mass is 35.5. The minimum Gasteiger partial charge on any atom is -0.360 e. The Morgan fingerprint density at radius 1 is 1.15 bits per heavy atom. The van der Waals surface area contributed by atoms with Crippen LogP contribution < -0.4 is 10.6 Å². The van der Waals surface area contributed by atoms with Crippen molar-refractivity contribution >= 4 is 33.4 Å². The van der Waals surface area contributed by atoms with Crippen molar-refractivity contribution in [2.75, 3.05) is 26.2 Å². The molecule has 2 amide bonds. The van der Waals surface area contributed by atoms with Crippen molar-refractivity contribution in [1.29, 1.82) is 0 Å². The molecule has 1 unspecified atom stereocenters. The molecule has 1 aliphatic rings. The molecule has 33 heavy (non-hydrogen) atoms. The van der Waals surface area contributed by atoms with Gasteiger partial charge in [-0.15, -0.1) is 0 Å². The van der Waals surface area contributed by atoms with E-state index in [1.807, 2.05) is 12.1 Å². The van der Waals surface area contributed by atoms with Gasteiger partial charge >= 0.3 is 11.8 Å². The molecule has 0 aliphatic carbocycles. The highest BCUT2D eigenvalue weighted by Gasteiger charge is 2.35. The first-order chi connectivity index (χ1) is 15.7. The maximum atomic E-state index is 13.6. The molecular formula is C22H25ClFN3O5S. The first kappa shape index (κ1) is 25.1. The van der Waals surface area contributed by atoms with Crippen LogP contribution in [0.15, 0.2) is 47.4 Å². The topological polar surface area (TPSA) is 105 Å². The number of nitrogens with zero attached hydrogens (tertiary/aromatic N) is 1. The van der Waals surface area contributed by atoms with Crippen LogP contribution in [0.25, 0.3) is 0 Å². The molecule has 0 bridgehead atoms. The van der Waals surface area contributed by atoms with Crippen molar-refractivity contribution in [2.24, 2.45) is 0 Å². The maximum absolute atomic E-state index is 13.6. The maximum Gasteiger partial charge on any atom is 0.309 e. The van der Waals surface area contributed by atoms with Crippen molar-refractivity contribution in [3.63, 3.8) is 0 Å². The Bertz CT molecular complexity index is 1110. The standard InChI is InChI=1S/C22H25ClFN3O5S/c1-15-13-18(7-8-19(15)24)33(30,31)27-11-2-12-32-20(27)14-26-22(29)21(28)25-10-9-16-3-5-17(23)6-4-16/h3-8,13,20H,2,9-12,14H2,1H3,(H,25,28)(H,26,29). The van der Waals surface area contributed by atoms with E-state index in [-0.39, 0.29) is 30.1 Å². The molecule has 3 rings (SSSR count). The third-order valence-corrected chi connectivity index (χ3v) is 7.28. The van der Waals surface area contributed by atoms with Gasteiger partial charge in [0.15, 0.2) is 0 Å². The molecule has 0 radical (unpaired) electrons. The molecule has 178 valence electrons. The minimum absolute atomic E-state index is 0.0665. The number of benzene rings is 2. The average Bonchev–Trinajstić information content (AvgIpc) is 2.80. The van der Waals surface area contributed by atoms with Crippen molar-refractivity contribution in [2.45, 2.75) is 30.9 Å². The van der Waals surface area contributed by atoms with Crippen LogP contribution in [0.2, 0.25) is 5.02 Å². The van der Waals surface area contributed by atoms with E-state index < -0.39 is 33.9 Å². The van der Waals surface area contributed by atoms with E-state index in [0.717, 1.165) is 15.9 Å². The second-order valence-electron chi connectivity index (χ2n) is 7.55. The van der Waals surface area contributed by atoms with Crippen molar-refractivity contribution in [1.82, 2.24) is 14.9 Å². The van der Waals surface area contributed by atoms with Gasteiger partial charge in [-0.25, -0.2) is 12.8 Å². The number of ether oxygens (including phenoxy) is 1. The molecule has 2 N–H and O–H groups in total. The zero-order chi connectivity index (χ0) is 24.0. The Morgan fingerprint density at radius 2 is 1.85 bits per heavy atom. The molecule has 1 saturated heterocycles. The predicted octanol–water partition coefficient (Wildman–Crippen LogP) is 2.00. The number of hydrogen-bond acceptors (Lipinski definition) is 5. The van der Waals surface area contributed by atoms with Gasteiger partial charge in [0.05, 0.1) is 18.0 Å². The van der Waals surface area contributed by atoms with Crippen LogP contribution in [-0.2, 0) is 30.8 Å². The van der Waals surface area contributed by atoms with Crippen molar-refractivity contribution in [3.8, 4) is 0 Å². The smallest absolute Gasteiger partial charge is 0.309 e. The lowest BCUT2D eigenvalue weighted by Crippen LogP contribution is -2.53. The molecule has 1 aliphatic heterocycles. The molecule has 1 atom stereocenters. The number of carbonyl (C=O) groups is 2. The molecule has 11 heteroatoms. The van der Waals surface area contributed by atoms with Crippen LogP contribution in [0, 0.1) is 12.7 Å². The minimum atomic E-state index is -3.99. The molecule has 1 heterocycles. The second-order valence-corrected chi connectivity index (χ2v) is 9.88. The van der Waals surface area contributed by atoms with Gasteiger partial charge in [-0.3, -0.25) is 9.59 Å². The fourth-order valence-corrected chi connectivity index (χ4v) is 5.10. The van der Waals surface area contributed by atoms with Crippen molar-refractivity contribution < 1.29 is 27.1 Å². The molecular weight excluding hydrogens is 473 g/mol. The summed E-state index contributed by atoms with van der Waals surface area (Å²) in [5.74, 6) is -2.23. The number of nitrogens with one attached hydrogen (secondary N) is 2. The number of aryl methyl sites for hydroxylation is 1. The first-order valence-electron chi connectivity index (χ1n) is 10.4. The van der Waals surface area contributed by atoms with E-state index in [4.69, 9.17) is 16.3 Å². The number of carbonyl (C=O) groups excluding carboxylic acids is 2. The van der Waals surface area contributed by atoms with E-state index in [0.29, 0.717) is 24.5 Å². The van der Waals surface area contributed by atoms with Crippen LogP contribution in [0.4, 0.5) is 4.39 Å². The van der Waals surface area contributed by atoms with E-state index in [2.05, 4.69) is 10.6 Å². The Balaban J connectivity index is 1.55. The summed E-state index contributed by atoms with van der Waals surface area (Å²) in [5, 5.41) is 5.55. The quantitative estimate of drug-likeness (QED) is 0.569. The van der Waals surface area contributed by atoms with Gasteiger partial charge in [0.1, 0.15) is 12.0 Å². The van der Waals surface area contributed by atoms with Crippen LogP contribution >= 0.6 is 11.6 Å². The van der Waals surface area contributed by atoms with Crippen LogP contribution in [0.5, 0.6) is 0 Å². The Morgan fingerprint density at radius 3 is 2.55 bits per heavy atom. The van der Waals surface area contributed by atoms with E-state index in [1.165, 1.54) is 19.1 Å².